The van der Waals surface area contributed by atoms with Crippen molar-refractivity contribution in [1.29, 1.82) is 0 Å². The zero-order valence-electron chi connectivity index (χ0n) is 32.5. The van der Waals surface area contributed by atoms with E-state index in [4.69, 9.17) is 19.4 Å². The summed E-state index contributed by atoms with van der Waals surface area (Å²) in [4.78, 5) is 14.9. The van der Waals surface area contributed by atoms with Gasteiger partial charge < -0.3 is 4.42 Å². The Morgan fingerprint density at radius 3 is 1.90 bits per heavy atom. The number of nitrogens with zero attached hydrogens (tertiary/aromatic N) is 3. The molecule has 0 fully saturated rings. The average Bonchev–Trinajstić information content (AvgIpc) is 3.68. The number of hydrogen-bond donors (Lipinski definition) is 0. The summed E-state index contributed by atoms with van der Waals surface area (Å²) in [6, 6.07) is 69.8. The van der Waals surface area contributed by atoms with Gasteiger partial charge in [-0.15, -0.1) is 23.8 Å². The number of benzene rings is 8. The monoisotopic (exact) mass is 981 g/mol. The van der Waals surface area contributed by atoms with E-state index in [2.05, 4.69) is 116 Å². The number of aryl methyl sites for hydroxylation is 3. The van der Waals surface area contributed by atoms with Crippen LogP contribution in [-0.4, -0.2) is 15.0 Å². The van der Waals surface area contributed by atoms with Gasteiger partial charge in [0.25, 0.3) is 0 Å². The first-order valence-corrected chi connectivity index (χ1v) is 19.6. The van der Waals surface area contributed by atoms with E-state index in [1.807, 2.05) is 84.9 Å². The Kier molecular flexibility index (Phi) is 10.9. The molecule has 5 heteroatoms. The number of hydrogen-bond acceptors (Lipinski definition) is 4. The smallest absolute Gasteiger partial charge is 0.455 e. The summed E-state index contributed by atoms with van der Waals surface area (Å²) in [6.45, 7) is 2.20. The number of para-hydroxylation sites is 1. The van der Waals surface area contributed by atoms with E-state index in [0.717, 1.165) is 73.7 Å². The Balaban J connectivity index is 0.00000449. The largest absolute Gasteiger partial charge is 2.00 e. The van der Waals surface area contributed by atoms with E-state index in [-0.39, 0.29) is 31.1 Å². The van der Waals surface area contributed by atoms with Crippen molar-refractivity contribution in [3.63, 3.8) is 0 Å². The van der Waals surface area contributed by atoms with Crippen LogP contribution in [0.2, 0.25) is 0 Å². The van der Waals surface area contributed by atoms with Gasteiger partial charge in [-0.2, -0.15) is 42.0 Å². The van der Waals surface area contributed by atoms with Gasteiger partial charge in [-0.05, 0) is 65.8 Å². The molecule has 0 aliphatic carbocycles. The summed E-state index contributed by atoms with van der Waals surface area (Å²) >= 11 is 0. The van der Waals surface area contributed by atoms with Crippen molar-refractivity contribution in [2.45, 2.75) is 19.8 Å². The molecule has 59 heavy (non-hydrogen) atoms. The van der Waals surface area contributed by atoms with Crippen molar-refractivity contribution >= 4 is 21.9 Å². The molecule has 0 radical (unpaired) electrons. The molecule has 278 valence electrons. The summed E-state index contributed by atoms with van der Waals surface area (Å²) in [5.74, 6) is 1.82. The Hall–Kier alpha value is -6.38. The maximum atomic E-state index is 6.61. The predicted molar refractivity (Wildman–Crippen MR) is 236 cm³/mol. The first-order chi connectivity index (χ1) is 28.6. The van der Waals surface area contributed by atoms with Crippen LogP contribution >= 0.6 is 0 Å². The van der Waals surface area contributed by atoms with Crippen LogP contribution < -0.4 is 0 Å². The fourth-order valence-corrected chi connectivity index (χ4v) is 7.82. The maximum Gasteiger partial charge on any atom is 2.00 e. The standard InChI is InChI=1S/C54H37N3O.U/c1-36-27-30-44(43-23-13-22-42(34-43)38-15-5-2-6-16-38)35-48(36)45-24-12-11-17-39(45)31-28-37-29-32-50-49(33-37)46-25-14-26-47(51(46)58-50)54-56-52(40-18-7-3-8-19-40)55-53(57-54)41-20-9-4-10-21-41;/h2-15,17-27,29-30,32-33,35H,28,31H2,1H3;/q-2;+2. The average molecular weight is 982 g/mol. The zero-order valence-corrected chi connectivity index (χ0v) is 36.6. The predicted octanol–water partition coefficient (Wildman–Crippen LogP) is 13.5. The van der Waals surface area contributed by atoms with Crippen LogP contribution in [0, 0.1) is 50.2 Å². The van der Waals surface area contributed by atoms with Gasteiger partial charge in [0.1, 0.15) is 11.2 Å². The molecular weight excluding hydrogens is 945 g/mol. The number of fused-ring (bicyclic) bond motifs is 3. The van der Waals surface area contributed by atoms with Crippen LogP contribution in [-0.2, 0) is 12.8 Å². The first-order valence-electron chi connectivity index (χ1n) is 19.6. The fraction of sp³-hybridized carbons (Fsp3) is 0.0556. The minimum Gasteiger partial charge on any atom is -0.455 e. The van der Waals surface area contributed by atoms with Crippen molar-refractivity contribution in [3.05, 3.63) is 211 Å². The number of rotatable bonds is 9. The molecule has 10 rings (SSSR count). The van der Waals surface area contributed by atoms with Crippen molar-refractivity contribution in [3.8, 4) is 67.5 Å². The van der Waals surface area contributed by atoms with Gasteiger partial charge in [0, 0.05) is 21.9 Å². The molecular formula is C54H37N3OU. The van der Waals surface area contributed by atoms with Gasteiger partial charge in [0.2, 0.25) is 0 Å². The quantitative estimate of drug-likeness (QED) is 0.135. The molecule has 0 N–H and O–H groups in total. The molecule has 0 atom stereocenters. The number of aromatic nitrogens is 3. The minimum absolute atomic E-state index is 0. The van der Waals surface area contributed by atoms with Crippen molar-refractivity contribution in [2.75, 3.05) is 0 Å². The fourth-order valence-electron chi connectivity index (χ4n) is 7.82. The van der Waals surface area contributed by atoms with Gasteiger partial charge >= 0.3 is 31.1 Å². The van der Waals surface area contributed by atoms with Crippen LogP contribution in [0.4, 0.5) is 0 Å². The summed E-state index contributed by atoms with van der Waals surface area (Å²) in [5, 5.41) is 2.12. The first kappa shape index (κ1) is 38.2. The zero-order chi connectivity index (χ0) is 38.8. The Morgan fingerprint density at radius 2 is 1.14 bits per heavy atom. The summed E-state index contributed by atoms with van der Waals surface area (Å²) < 4.78 is 6.61. The molecule has 0 amide bonds. The summed E-state index contributed by atoms with van der Waals surface area (Å²) in [5.41, 5.74) is 14.9. The van der Waals surface area contributed by atoms with E-state index >= 15 is 0 Å². The molecule has 2 heterocycles. The van der Waals surface area contributed by atoms with Crippen LogP contribution in [0.1, 0.15) is 16.7 Å². The van der Waals surface area contributed by atoms with Crippen LogP contribution in [0.3, 0.4) is 0 Å². The summed E-state index contributed by atoms with van der Waals surface area (Å²) in [7, 11) is 0. The molecule has 0 saturated heterocycles. The van der Waals surface area contributed by atoms with E-state index in [1.54, 1.807) is 0 Å². The summed E-state index contributed by atoms with van der Waals surface area (Å²) in [6.07, 6.45) is 1.78. The normalized spacial score (nSPS) is 11.1. The molecule has 10 aromatic rings. The number of furan rings is 1. The van der Waals surface area contributed by atoms with Gasteiger partial charge in [-0.3, -0.25) is 0 Å². The second-order valence-electron chi connectivity index (χ2n) is 14.6. The third-order valence-corrected chi connectivity index (χ3v) is 10.8. The van der Waals surface area contributed by atoms with Crippen LogP contribution in [0.5, 0.6) is 0 Å². The molecule has 8 aromatic carbocycles. The van der Waals surface area contributed by atoms with Crippen molar-refractivity contribution < 1.29 is 35.5 Å². The third kappa shape index (κ3) is 7.80. The van der Waals surface area contributed by atoms with Gasteiger partial charge in [-0.1, -0.05) is 127 Å². The van der Waals surface area contributed by atoms with Crippen molar-refractivity contribution in [2.24, 2.45) is 0 Å². The molecule has 4 nitrogen and oxygen atoms in total. The second-order valence-corrected chi connectivity index (χ2v) is 14.6. The Morgan fingerprint density at radius 1 is 0.475 bits per heavy atom. The molecule has 2 aromatic heterocycles. The van der Waals surface area contributed by atoms with Crippen LogP contribution in [0.15, 0.2) is 186 Å². The minimum atomic E-state index is 0. The van der Waals surface area contributed by atoms with E-state index < -0.39 is 0 Å². The second kappa shape index (κ2) is 16.8. The third-order valence-electron chi connectivity index (χ3n) is 10.8. The van der Waals surface area contributed by atoms with E-state index in [1.165, 1.54) is 27.8 Å². The Labute approximate surface area is 368 Å². The molecule has 0 aliphatic heterocycles. The van der Waals surface area contributed by atoms with Gasteiger partial charge in [0.15, 0.2) is 17.5 Å². The molecule has 0 saturated carbocycles. The molecule has 0 spiro atoms. The van der Waals surface area contributed by atoms with Gasteiger partial charge in [0.05, 0.1) is 5.56 Å². The Bertz CT molecular complexity index is 3010. The molecule has 0 aliphatic rings. The van der Waals surface area contributed by atoms with Crippen molar-refractivity contribution in [1.82, 2.24) is 15.0 Å². The maximum absolute atomic E-state index is 6.61. The van der Waals surface area contributed by atoms with E-state index in [0.29, 0.717) is 17.5 Å². The topological polar surface area (TPSA) is 51.8 Å². The molecule has 0 unspecified atom stereocenters. The van der Waals surface area contributed by atoms with Gasteiger partial charge in [-0.25, -0.2) is 20.5 Å². The SMILES string of the molecule is Cc1ccc(-c2[c-]c(-c3[c-]cccc3)ccc2)cc1-c1ccccc1CCc1ccc2oc3c(-c4nc(-c5ccccc5)nc(-c5ccccc5)n4)cccc3c2c1.[U+2]. The molecule has 0 bridgehead atoms. The van der Waals surface area contributed by atoms with Crippen LogP contribution in [0.25, 0.3) is 89.5 Å². The van der Waals surface area contributed by atoms with E-state index in [9.17, 15) is 0 Å².